The Morgan fingerprint density at radius 2 is 1.81 bits per heavy atom. The van der Waals surface area contributed by atoms with Crippen molar-refractivity contribution >= 4 is 12.1 Å². The fraction of sp³-hybridized carbons (Fsp3) is 0.600. The van der Waals surface area contributed by atoms with E-state index in [2.05, 4.69) is 18.7 Å². The molecular weight excluding hydrogens is 332 g/mol. The van der Waals surface area contributed by atoms with E-state index in [0.717, 1.165) is 25.2 Å². The molecule has 0 aromatic heterocycles. The molecule has 0 bridgehead atoms. The third kappa shape index (κ3) is 5.46. The molecule has 1 atom stereocenters. The van der Waals surface area contributed by atoms with Gasteiger partial charge in [-0.1, -0.05) is 26.0 Å². The van der Waals surface area contributed by atoms with Gasteiger partial charge in [0.15, 0.2) is 0 Å². The summed E-state index contributed by atoms with van der Waals surface area (Å²) in [5, 5.41) is 8.99. The van der Waals surface area contributed by atoms with Gasteiger partial charge in [0.1, 0.15) is 5.60 Å². The Balaban J connectivity index is 2.02. The summed E-state index contributed by atoms with van der Waals surface area (Å²) >= 11 is 0. The molecule has 0 aliphatic carbocycles. The first-order valence-electron chi connectivity index (χ1n) is 9.11. The van der Waals surface area contributed by atoms with E-state index in [1.54, 1.807) is 12.1 Å². The van der Waals surface area contributed by atoms with Crippen LogP contribution >= 0.6 is 0 Å². The van der Waals surface area contributed by atoms with E-state index >= 15 is 0 Å². The van der Waals surface area contributed by atoms with Crippen molar-refractivity contribution in [2.24, 2.45) is 5.92 Å². The van der Waals surface area contributed by atoms with Crippen molar-refractivity contribution in [2.75, 3.05) is 19.6 Å². The van der Waals surface area contributed by atoms with Gasteiger partial charge in [-0.2, -0.15) is 0 Å². The number of carbonyl (C=O) groups excluding carboxylic acids is 1. The van der Waals surface area contributed by atoms with E-state index in [4.69, 9.17) is 9.84 Å². The first-order valence-corrected chi connectivity index (χ1v) is 9.11. The fourth-order valence-corrected chi connectivity index (χ4v) is 3.14. The quantitative estimate of drug-likeness (QED) is 0.888. The minimum Gasteiger partial charge on any atom is -0.478 e. The zero-order valence-electron chi connectivity index (χ0n) is 16.4. The Hall–Kier alpha value is -2.08. The monoisotopic (exact) mass is 362 g/mol. The zero-order chi connectivity index (χ0) is 19.5. The maximum absolute atomic E-state index is 12.5. The number of rotatable bonds is 4. The van der Waals surface area contributed by atoms with Crippen molar-refractivity contribution in [1.82, 2.24) is 9.80 Å². The third-order valence-corrected chi connectivity index (χ3v) is 4.51. The van der Waals surface area contributed by atoms with Crippen LogP contribution in [-0.2, 0) is 11.3 Å². The van der Waals surface area contributed by atoms with Crippen LogP contribution in [0.25, 0.3) is 0 Å². The fourth-order valence-electron chi connectivity index (χ4n) is 3.14. The molecule has 6 heteroatoms. The standard InChI is InChI=1S/C20H30N2O4/c1-14(2)17-13-21(10-11-22(17)19(25)26-20(3,4)5)12-15-6-8-16(9-7-15)18(23)24/h6-9,14,17H,10-13H2,1-5H3,(H,23,24)/t17-/m0/s1. The number of ether oxygens (including phenoxy) is 1. The van der Waals surface area contributed by atoms with Crippen LogP contribution in [0, 0.1) is 5.92 Å². The number of nitrogens with zero attached hydrogens (tertiary/aromatic N) is 2. The second kappa shape index (κ2) is 8.08. The van der Waals surface area contributed by atoms with Gasteiger partial charge in [0.25, 0.3) is 0 Å². The second-order valence-corrected chi connectivity index (χ2v) is 8.22. The van der Waals surface area contributed by atoms with Gasteiger partial charge in [0.05, 0.1) is 11.6 Å². The molecule has 1 heterocycles. The molecule has 1 aromatic rings. The first-order chi connectivity index (χ1) is 12.1. The number of carboxylic acid groups (broad SMARTS) is 1. The van der Waals surface area contributed by atoms with Crippen LogP contribution < -0.4 is 0 Å². The number of amides is 1. The van der Waals surface area contributed by atoms with Crippen LogP contribution in [-0.4, -0.2) is 58.2 Å². The maximum Gasteiger partial charge on any atom is 0.410 e. The largest absolute Gasteiger partial charge is 0.478 e. The zero-order valence-corrected chi connectivity index (χ0v) is 16.4. The molecule has 6 nitrogen and oxygen atoms in total. The topological polar surface area (TPSA) is 70.1 Å². The highest BCUT2D eigenvalue weighted by atomic mass is 16.6. The van der Waals surface area contributed by atoms with Crippen LogP contribution in [0.5, 0.6) is 0 Å². The molecule has 1 aromatic carbocycles. The Bertz CT molecular complexity index is 634. The van der Waals surface area contributed by atoms with Gasteiger partial charge >= 0.3 is 12.1 Å². The highest BCUT2D eigenvalue weighted by Gasteiger charge is 2.34. The van der Waals surface area contributed by atoms with Crippen LogP contribution in [0.3, 0.4) is 0 Å². The van der Waals surface area contributed by atoms with E-state index in [0.29, 0.717) is 18.0 Å². The molecular formula is C20H30N2O4. The lowest BCUT2D eigenvalue weighted by molar-refractivity contribution is -0.0106. The highest BCUT2D eigenvalue weighted by molar-refractivity contribution is 5.87. The number of hydrogen-bond acceptors (Lipinski definition) is 4. The summed E-state index contributed by atoms with van der Waals surface area (Å²) in [6.07, 6.45) is -0.248. The molecule has 1 aliphatic rings. The summed E-state index contributed by atoms with van der Waals surface area (Å²) in [7, 11) is 0. The van der Waals surface area contributed by atoms with Gasteiger partial charge in [0.2, 0.25) is 0 Å². The molecule has 1 N–H and O–H groups in total. The van der Waals surface area contributed by atoms with Gasteiger partial charge in [0, 0.05) is 26.2 Å². The van der Waals surface area contributed by atoms with Crippen LogP contribution in [0.1, 0.15) is 50.5 Å². The number of benzene rings is 1. The Labute approximate surface area is 155 Å². The lowest BCUT2D eigenvalue weighted by Crippen LogP contribution is -2.57. The molecule has 144 valence electrons. The summed E-state index contributed by atoms with van der Waals surface area (Å²) in [6, 6.07) is 7.07. The summed E-state index contributed by atoms with van der Waals surface area (Å²) in [5.41, 5.74) is 0.869. The summed E-state index contributed by atoms with van der Waals surface area (Å²) in [6.45, 7) is 12.8. The van der Waals surface area contributed by atoms with Crippen molar-refractivity contribution in [3.8, 4) is 0 Å². The van der Waals surface area contributed by atoms with Crippen molar-refractivity contribution < 1.29 is 19.4 Å². The predicted octanol–water partition coefficient (Wildman–Crippen LogP) is 3.46. The average molecular weight is 362 g/mol. The number of carbonyl (C=O) groups is 2. The predicted molar refractivity (Wildman–Crippen MR) is 100 cm³/mol. The number of aromatic carboxylic acids is 1. The molecule has 1 amide bonds. The highest BCUT2D eigenvalue weighted by Crippen LogP contribution is 2.22. The Morgan fingerprint density at radius 3 is 2.31 bits per heavy atom. The average Bonchev–Trinajstić information content (AvgIpc) is 2.53. The SMILES string of the molecule is CC(C)[C@@H]1CN(Cc2ccc(C(=O)O)cc2)CCN1C(=O)OC(C)(C)C. The molecule has 0 radical (unpaired) electrons. The third-order valence-electron chi connectivity index (χ3n) is 4.51. The van der Waals surface area contributed by atoms with E-state index < -0.39 is 11.6 Å². The van der Waals surface area contributed by atoms with E-state index in [9.17, 15) is 9.59 Å². The Morgan fingerprint density at radius 1 is 1.19 bits per heavy atom. The number of piperazine rings is 1. The van der Waals surface area contributed by atoms with Gasteiger partial charge in [-0.3, -0.25) is 4.90 Å². The molecule has 0 spiro atoms. The van der Waals surface area contributed by atoms with Crippen LogP contribution in [0.4, 0.5) is 4.79 Å². The molecule has 26 heavy (non-hydrogen) atoms. The van der Waals surface area contributed by atoms with Crippen molar-refractivity contribution in [3.05, 3.63) is 35.4 Å². The van der Waals surface area contributed by atoms with Crippen LogP contribution in [0.15, 0.2) is 24.3 Å². The normalized spacial score (nSPS) is 18.8. The molecule has 0 saturated carbocycles. The first kappa shape index (κ1) is 20.2. The van der Waals surface area contributed by atoms with E-state index in [-0.39, 0.29) is 12.1 Å². The van der Waals surface area contributed by atoms with E-state index in [1.807, 2.05) is 37.8 Å². The minimum atomic E-state index is -0.914. The lowest BCUT2D eigenvalue weighted by Gasteiger charge is -2.43. The smallest absolute Gasteiger partial charge is 0.410 e. The summed E-state index contributed by atoms with van der Waals surface area (Å²) < 4.78 is 5.56. The second-order valence-electron chi connectivity index (χ2n) is 8.22. The van der Waals surface area contributed by atoms with Crippen molar-refractivity contribution in [1.29, 1.82) is 0 Å². The van der Waals surface area contributed by atoms with Gasteiger partial charge < -0.3 is 14.7 Å². The number of hydrogen-bond donors (Lipinski definition) is 1. The lowest BCUT2D eigenvalue weighted by atomic mass is 9.99. The van der Waals surface area contributed by atoms with Gasteiger partial charge in [-0.25, -0.2) is 9.59 Å². The van der Waals surface area contributed by atoms with Crippen molar-refractivity contribution in [2.45, 2.75) is 52.8 Å². The summed E-state index contributed by atoms with van der Waals surface area (Å²) in [5.74, 6) is -0.595. The number of carboxylic acids is 1. The molecule has 1 saturated heterocycles. The molecule has 0 unspecified atom stereocenters. The molecule has 1 fully saturated rings. The molecule has 2 rings (SSSR count). The van der Waals surface area contributed by atoms with Crippen molar-refractivity contribution in [3.63, 3.8) is 0 Å². The van der Waals surface area contributed by atoms with E-state index in [1.165, 1.54) is 0 Å². The minimum absolute atomic E-state index is 0.0943. The molecule has 1 aliphatic heterocycles. The van der Waals surface area contributed by atoms with Gasteiger partial charge in [-0.05, 0) is 44.4 Å². The van der Waals surface area contributed by atoms with Gasteiger partial charge in [-0.15, -0.1) is 0 Å². The maximum atomic E-state index is 12.5. The van der Waals surface area contributed by atoms with Crippen LogP contribution in [0.2, 0.25) is 0 Å². The summed E-state index contributed by atoms with van der Waals surface area (Å²) in [4.78, 5) is 27.6. The Kier molecular flexibility index (Phi) is 6.29.